The predicted molar refractivity (Wildman–Crippen MR) is 75.3 cm³/mol. The van der Waals surface area contributed by atoms with E-state index >= 15 is 0 Å². The molecule has 5 heteroatoms. The van der Waals surface area contributed by atoms with Crippen LogP contribution < -0.4 is 10.1 Å². The zero-order valence-electron chi connectivity index (χ0n) is 10.0. The van der Waals surface area contributed by atoms with E-state index in [1.807, 2.05) is 31.3 Å². The maximum atomic E-state index is 5.96. The normalized spacial score (nSPS) is 12.4. The van der Waals surface area contributed by atoms with Gasteiger partial charge in [0.05, 0.1) is 13.2 Å². The second-order valence-corrected chi connectivity index (χ2v) is 4.97. The Hall–Kier alpha value is -0.970. The number of nitrogens with one attached hydrogen (secondary N) is 1. The minimum absolute atomic E-state index is 0.0801. The predicted octanol–water partition coefficient (Wildman–Crippen LogP) is 4.01. The Labute approximate surface area is 119 Å². The first kappa shape index (κ1) is 13.5. The third-order valence-corrected chi connectivity index (χ3v) is 3.34. The maximum absolute atomic E-state index is 5.96. The molecule has 1 atom stereocenters. The van der Waals surface area contributed by atoms with Crippen LogP contribution in [0.25, 0.3) is 0 Å². The molecule has 2 rings (SSSR count). The maximum Gasteiger partial charge on any atom is 0.169 e. The number of hydrogen-bond acceptors (Lipinski definition) is 3. The van der Waals surface area contributed by atoms with E-state index in [9.17, 15) is 0 Å². The van der Waals surface area contributed by atoms with Crippen molar-refractivity contribution in [1.29, 1.82) is 0 Å². The number of methoxy groups -OCH3 is 1. The summed E-state index contributed by atoms with van der Waals surface area (Å²) in [5, 5.41) is 3.85. The minimum atomic E-state index is -0.0801. The summed E-state index contributed by atoms with van der Waals surface area (Å²) in [6, 6.07) is 9.25. The lowest BCUT2D eigenvalue weighted by atomic mass is 10.0. The van der Waals surface area contributed by atoms with Gasteiger partial charge in [-0.15, -0.1) is 0 Å². The van der Waals surface area contributed by atoms with Gasteiger partial charge in [-0.2, -0.15) is 0 Å². The molecule has 0 fully saturated rings. The Morgan fingerprint density at radius 3 is 2.67 bits per heavy atom. The van der Waals surface area contributed by atoms with Crippen LogP contribution in [0.4, 0.5) is 0 Å². The first-order valence-corrected chi connectivity index (χ1v) is 6.58. The average molecular weight is 331 g/mol. The second-order valence-electron chi connectivity index (χ2n) is 3.75. The molecule has 1 aromatic heterocycles. The zero-order chi connectivity index (χ0) is 13.1. The molecule has 1 heterocycles. The number of hydrogen-bond donors (Lipinski definition) is 1. The van der Waals surface area contributed by atoms with Gasteiger partial charge in [0, 0.05) is 10.6 Å². The van der Waals surface area contributed by atoms with Gasteiger partial charge in [0.2, 0.25) is 0 Å². The zero-order valence-corrected chi connectivity index (χ0v) is 12.4. The lowest BCUT2D eigenvalue weighted by Crippen LogP contribution is -2.17. The van der Waals surface area contributed by atoms with Crippen LogP contribution in [-0.2, 0) is 0 Å². The van der Waals surface area contributed by atoms with Gasteiger partial charge in [-0.3, -0.25) is 0 Å². The minimum Gasteiger partial charge on any atom is -0.496 e. The van der Waals surface area contributed by atoms with E-state index in [-0.39, 0.29) is 6.04 Å². The van der Waals surface area contributed by atoms with Crippen molar-refractivity contribution in [2.24, 2.45) is 0 Å². The number of benzene rings is 1. The fourth-order valence-corrected chi connectivity index (χ4v) is 2.34. The van der Waals surface area contributed by atoms with Crippen molar-refractivity contribution < 1.29 is 9.15 Å². The van der Waals surface area contributed by atoms with Crippen molar-refractivity contribution in [3.8, 4) is 5.75 Å². The summed E-state index contributed by atoms with van der Waals surface area (Å²) >= 11 is 9.26. The Balaban J connectivity index is 2.44. The van der Waals surface area contributed by atoms with Gasteiger partial charge >= 0.3 is 0 Å². The Morgan fingerprint density at radius 1 is 1.33 bits per heavy atom. The first-order valence-electron chi connectivity index (χ1n) is 5.41. The molecule has 3 nitrogen and oxygen atoms in total. The number of furan rings is 1. The molecule has 0 aliphatic rings. The van der Waals surface area contributed by atoms with Crippen LogP contribution in [0, 0.1) is 0 Å². The number of halogens is 2. The highest BCUT2D eigenvalue weighted by Crippen LogP contribution is 2.33. The monoisotopic (exact) mass is 329 g/mol. The van der Waals surface area contributed by atoms with Gasteiger partial charge < -0.3 is 14.5 Å². The van der Waals surface area contributed by atoms with Crippen molar-refractivity contribution in [3.05, 3.63) is 51.3 Å². The standard InChI is InChI=1S/C13H13BrClNO2/c1-16-13(10-5-6-12(14)18-10)9-4-3-8(15)7-11(9)17-2/h3-7,13,16H,1-2H3. The van der Waals surface area contributed by atoms with Crippen LogP contribution in [0.5, 0.6) is 5.75 Å². The molecule has 0 saturated heterocycles. The number of ether oxygens (including phenoxy) is 1. The molecule has 0 aliphatic heterocycles. The van der Waals surface area contributed by atoms with E-state index in [0.717, 1.165) is 17.1 Å². The van der Waals surface area contributed by atoms with Crippen LogP contribution in [-0.4, -0.2) is 14.2 Å². The molecule has 0 amide bonds. The molecule has 1 N–H and O–H groups in total. The lowest BCUT2D eigenvalue weighted by molar-refractivity contribution is 0.394. The van der Waals surface area contributed by atoms with Gasteiger partial charge in [0.1, 0.15) is 11.5 Å². The molecule has 0 radical (unpaired) electrons. The van der Waals surface area contributed by atoms with Crippen molar-refractivity contribution >= 4 is 27.5 Å². The molecule has 0 aliphatic carbocycles. The third kappa shape index (κ3) is 2.71. The molecular weight excluding hydrogens is 318 g/mol. The molecule has 1 unspecified atom stereocenters. The van der Waals surface area contributed by atoms with Crippen molar-refractivity contribution in [3.63, 3.8) is 0 Å². The summed E-state index contributed by atoms with van der Waals surface area (Å²) in [4.78, 5) is 0. The molecule has 0 spiro atoms. The van der Waals surface area contributed by atoms with Crippen LogP contribution in [0.1, 0.15) is 17.4 Å². The lowest BCUT2D eigenvalue weighted by Gasteiger charge is -2.17. The molecule has 0 bridgehead atoms. The van der Waals surface area contributed by atoms with Crippen molar-refractivity contribution in [1.82, 2.24) is 5.32 Å². The summed E-state index contributed by atoms with van der Waals surface area (Å²) in [6.07, 6.45) is 0. The van der Waals surface area contributed by atoms with Crippen molar-refractivity contribution in [2.75, 3.05) is 14.2 Å². The molecule has 2 aromatic rings. The van der Waals surface area contributed by atoms with Gasteiger partial charge in [-0.25, -0.2) is 0 Å². The van der Waals surface area contributed by atoms with Crippen LogP contribution in [0.2, 0.25) is 5.02 Å². The first-order chi connectivity index (χ1) is 8.65. The average Bonchev–Trinajstić information content (AvgIpc) is 2.78. The summed E-state index contributed by atoms with van der Waals surface area (Å²) in [6.45, 7) is 0. The molecular formula is C13H13BrClNO2. The molecule has 0 saturated carbocycles. The SMILES string of the molecule is CNC(c1ccc(Br)o1)c1ccc(Cl)cc1OC. The van der Waals surface area contributed by atoms with E-state index in [4.69, 9.17) is 20.8 Å². The van der Waals surface area contributed by atoms with E-state index in [0.29, 0.717) is 9.69 Å². The highest BCUT2D eigenvalue weighted by molar-refractivity contribution is 9.10. The third-order valence-electron chi connectivity index (χ3n) is 2.67. The summed E-state index contributed by atoms with van der Waals surface area (Å²) in [7, 11) is 3.50. The van der Waals surface area contributed by atoms with E-state index < -0.39 is 0 Å². The van der Waals surface area contributed by atoms with Crippen LogP contribution >= 0.6 is 27.5 Å². The summed E-state index contributed by atoms with van der Waals surface area (Å²) in [5.41, 5.74) is 0.978. The molecule has 1 aromatic carbocycles. The van der Waals surface area contributed by atoms with E-state index in [1.54, 1.807) is 13.2 Å². The van der Waals surface area contributed by atoms with Crippen molar-refractivity contribution in [2.45, 2.75) is 6.04 Å². The number of rotatable bonds is 4. The fourth-order valence-electron chi connectivity index (χ4n) is 1.86. The fraction of sp³-hybridized carbons (Fsp3) is 0.231. The van der Waals surface area contributed by atoms with E-state index in [1.165, 1.54) is 0 Å². The smallest absolute Gasteiger partial charge is 0.169 e. The van der Waals surface area contributed by atoms with Gasteiger partial charge in [-0.1, -0.05) is 17.7 Å². The van der Waals surface area contributed by atoms with Gasteiger partial charge in [-0.05, 0) is 47.2 Å². The molecule has 18 heavy (non-hydrogen) atoms. The second kappa shape index (κ2) is 5.78. The summed E-state index contributed by atoms with van der Waals surface area (Å²) in [5.74, 6) is 1.54. The molecule has 96 valence electrons. The summed E-state index contributed by atoms with van der Waals surface area (Å²) < 4.78 is 11.6. The topological polar surface area (TPSA) is 34.4 Å². The van der Waals surface area contributed by atoms with E-state index in [2.05, 4.69) is 21.2 Å². The highest BCUT2D eigenvalue weighted by atomic mass is 79.9. The van der Waals surface area contributed by atoms with Crippen LogP contribution in [0.3, 0.4) is 0 Å². The van der Waals surface area contributed by atoms with Gasteiger partial charge in [0.15, 0.2) is 4.67 Å². The van der Waals surface area contributed by atoms with Crippen LogP contribution in [0.15, 0.2) is 39.4 Å². The Kier molecular flexibility index (Phi) is 4.32. The Bertz CT molecular complexity index is 542. The van der Waals surface area contributed by atoms with Gasteiger partial charge in [0.25, 0.3) is 0 Å². The quantitative estimate of drug-likeness (QED) is 0.919. The highest BCUT2D eigenvalue weighted by Gasteiger charge is 2.19. The largest absolute Gasteiger partial charge is 0.496 e. The Morgan fingerprint density at radius 2 is 2.11 bits per heavy atom.